The normalized spacial score (nSPS) is 13.2. The zero-order chi connectivity index (χ0) is 14.6. The predicted molar refractivity (Wildman–Crippen MR) is 84.8 cm³/mol. The van der Waals surface area contributed by atoms with Gasteiger partial charge < -0.3 is 5.73 Å². The summed E-state index contributed by atoms with van der Waals surface area (Å²) in [5.74, 6) is 0.811. The van der Waals surface area contributed by atoms with Crippen LogP contribution in [-0.2, 0) is 5.41 Å². The third-order valence-electron chi connectivity index (χ3n) is 3.17. The first-order valence-electron chi connectivity index (χ1n) is 6.71. The van der Waals surface area contributed by atoms with Crippen LogP contribution in [0.5, 0.6) is 0 Å². The Morgan fingerprint density at radius 1 is 1.15 bits per heavy atom. The first-order valence-corrected chi connectivity index (χ1v) is 7.70. The molecule has 2 aromatic rings. The number of rotatable bonds is 4. The lowest BCUT2D eigenvalue weighted by Crippen LogP contribution is -2.15. The van der Waals surface area contributed by atoms with Crippen LogP contribution in [0.4, 0.5) is 0 Å². The molecule has 3 nitrogen and oxygen atoms in total. The molecule has 1 aromatic heterocycles. The Kier molecular flexibility index (Phi) is 4.78. The topological polar surface area (TPSA) is 51.8 Å². The summed E-state index contributed by atoms with van der Waals surface area (Å²) in [6.07, 6.45) is 3.31. The Hall–Kier alpha value is -1.39. The van der Waals surface area contributed by atoms with E-state index < -0.39 is 0 Å². The van der Waals surface area contributed by atoms with Crippen molar-refractivity contribution in [3.05, 3.63) is 54.0 Å². The van der Waals surface area contributed by atoms with Crippen LogP contribution in [-0.4, -0.2) is 15.7 Å². The molecule has 1 atom stereocenters. The van der Waals surface area contributed by atoms with Crippen molar-refractivity contribution < 1.29 is 0 Å². The summed E-state index contributed by atoms with van der Waals surface area (Å²) < 4.78 is 0. The third kappa shape index (κ3) is 4.05. The van der Waals surface area contributed by atoms with Gasteiger partial charge in [0.15, 0.2) is 0 Å². The Labute approximate surface area is 125 Å². The summed E-state index contributed by atoms with van der Waals surface area (Å²) >= 11 is 1.66. The van der Waals surface area contributed by atoms with Crippen molar-refractivity contribution in [2.45, 2.75) is 37.3 Å². The summed E-state index contributed by atoms with van der Waals surface area (Å²) in [6.45, 7) is 6.65. The summed E-state index contributed by atoms with van der Waals surface area (Å²) in [4.78, 5) is 8.09. The van der Waals surface area contributed by atoms with Gasteiger partial charge in [-0.1, -0.05) is 45.0 Å². The van der Waals surface area contributed by atoms with Gasteiger partial charge >= 0.3 is 0 Å². The molecule has 2 rings (SSSR count). The van der Waals surface area contributed by atoms with Crippen LogP contribution >= 0.6 is 11.8 Å². The van der Waals surface area contributed by atoms with Gasteiger partial charge in [-0.15, -0.1) is 11.8 Å². The summed E-state index contributed by atoms with van der Waals surface area (Å²) in [6, 6.07) is 10.5. The number of thioether (sulfide) groups is 1. The molecule has 0 fully saturated rings. The lowest BCUT2D eigenvalue weighted by molar-refractivity contribution is 0.589. The van der Waals surface area contributed by atoms with E-state index in [1.807, 2.05) is 6.07 Å². The van der Waals surface area contributed by atoms with E-state index in [9.17, 15) is 0 Å². The van der Waals surface area contributed by atoms with Crippen molar-refractivity contribution in [1.29, 1.82) is 0 Å². The van der Waals surface area contributed by atoms with Gasteiger partial charge in [-0.3, -0.25) is 0 Å². The van der Waals surface area contributed by atoms with Crippen molar-refractivity contribution in [2.24, 2.45) is 5.73 Å². The third-order valence-corrected chi connectivity index (χ3v) is 4.23. The first kappa shape index (κ1) is 15.0. The minimum Gasteiger partial charge on any atom is -0.323 e. The highest BCUT2D eigenvalue weighted by molar-refractivity contribution is 7.99. The van der Waals surface area contributed by atoms with Crippen LogP contribution in [0.15, 0.2) is 47.9 Å². The van der Waals surface area contributed by atoms with Gasteiger partial charge in [0.25, 0.3) is 0 Å². The number of nitrogens with two attached hydrogens (primary N) is 1. The van der Waals surface area contributed by atoms with E-state index in [1.165, 1.54) is 11.1 Å². The van der Waals surface area contributed by atoms with Gasteiger partial charge in [-0.25, -0.2) is 9.97 Å². The fourth-order valence-corrected chi connectivity index (χ4v) is 2.69. The highest BCUT2D eigenvalue weighted by Gasteiger charge is 2.14. The molecule has 0 amide bonds. The van der Waals surface area contributed by atoms with Crippen molar-refractivity contribution >= 4 is 11.8 Å². The standard InChI is InChI=1S/C16H21N3S/c1-16(2,3)13-6-4-12(5-7-13)14(17)10-20-15-8-9-18-11-19-15/h4-9,11,14H,10,17H2,1-3H3. The number of aromatic nitrogens is 2. The molecule has 1 unspecified atom stereocenters. The van der Waals surface area contributed by atoms with Gasteiger partial charge in [0, 0.05) is 18.0 Å². The van der Waals surface area contributed by atoms with E-state index in [-0.39, 0.29) is 11.5 Å². The number of benzene rings is 1. The Bertz CT molecular complexity index is 532. The molecule has 106 valence electrons. The predicted octanol–water partition coefficient (Wildman–Crippen LogP) is 3.57. The Morgan fingerprint density at radius 2 is 1.85 bits per heavy atom. The molecule has 0 aliphatic rings. The maximum atomic E-state index is 6.24. The SMILES string of the molecule is CC(C)(C)c1ccc(C(N)CSc2ccncn2)cc1. The zero-order valence-corrected chi connectivity index (χ0v) is 13.0. The van der Waals surface area contributed by atoms with E-state index in [1.54, 1.807) is 24.3 Å². The Balaban J connectivity index is 1.97. The fourth-order valence-electron chi connectivity index (χ4n) is 1.87. The molecule has 0 spiro atoms. The minimum atomic E-state index is 0.0176. The van der Waals surface area contributed by atoms with E-state index in [2.05, 4.69) is 55.0 Å². The maximum absolute atomic E-state index is 6.24. The molecular weight excluding hydrogens is 266 g/mol. The van der Waals surface area contributed by atoms with E-state index in [0.29, 0.717) is 0 Å². The number of nitrogens with zero attached hydrogens (tertiary/aromatic N) is 2. The van der Waals surface area contributed by atoms with Gasteiger partial charge in [-0.2, -0.15) is 0 Å². The molecule has 0 saturated heterocycles. The second kappa shape index (κ2) is 6.37. The van der Waals surface area contributed by atoms with Crippen LogP contribution in [0.3, 0.4) is 0 Å². The molecule has 1 heterocycles. The van der Waals surface area contributed by atoms with Crippen molar-refractivity contribution in [1.82, 2.24) is 9.97 Å². The molecule has 4 heteroatoms. The first-order chi connectivity index (χ1) is 9.47. The maximum Gasteiger partial charge on any atom is 0.116 e. The van der Waals surface area contributed by atoms with Crippen LogP contribution in [0.25, 0.3) is 0 Å². The highest BCUT2D eigenvalue weighted by atomic mass is 32.2. The molecule has 20 heavy (non-hydrogen) atoms. The second-order valence-electron chi connectivity index (χ2n) is 5.84. The van der Waals surface area contributed by atoms with Crippen LogP contribution in [0, 0.1) is 0 Å². The average molecular weight is 287 g/mol. The quantitative estimate of drug-likeness (QED) is 0.690. The van der Waals surface area contributed by atoms with Gasteiger partial charge in [-0.05, 0) is 22.6 Å². The number of hydrogen-bond acceptors (Lipinski definition) is 4. The lowest BCUT2D eigenvalue weighted by atomic mass is 9.86. The average Bonchev–Trinajstić information content (AvgIpc) is 2.45. The zero-order valence-electron chi connectivity index (χ0n) is 12.2. The summed E-state index contributed by atoms with van der Waals surface area (Å²) in [5.41, 5.74) is 8.91. The minimum absolute atomic E-state index is 0.0176. The summed E-state index contributed by atoms with van der Waals surface area (Å²) in [5, 5.41) is 0.960. The molecule has 0 aliphatic carbocycles. The lowest BCUT2D eigenvalue weighted by Gasteiger charge is -2.20. The van der Waals surface area contributed by atoms with Gasteiger partial charge in [0.1, 0.15) is 6.33 Å². The van der Waals surface area contributed by atoms with Crippen LogP contribution in [0.2, 0.25) is 0 Å². The van der Waals surface area contributed by atoms with Crippen molar-refractivity contribution in [3.63, 3.8) is 0 Å². The molecular formula is C16H21N3S. The van der Waals surface area contributed by atoms with Crippen LogP contribution < -0.4 is 5.73 Å². The second-order valence-corrected chi connectivity index (χ2v) is 6.88. The molecule has 1 aromatic carbocycles. The van der Waals surface area contributed by atoms with E-state index in [0.717, 1.165) is 10.8 Å². The van der Waals surface area contributed by atoms with E-state index >= 15 is 0 Å². The smallest absolute Gasteiger partial charge is 0.116 e. The fraction of sp³-hybridized carbons (Fsp3) is 0.375. The van der Waals surface area contributed by atoms with Gasteiger partial charge in [0.2, 0.25) is 0 Å². The molecule has 2 N–H and O–H groups in total. The molecule has 0 aliphatic heterocycles. The van der Waals surface area contributed by atoms with Gasteiger partial charge in [0.05, 0.1) is 5.03 Å². The van der Waals surface area contributed by atoms with Crippen LogP contribution in [0.1, 0.15) is 37.9 Å². The largest absolute Gasteiger partial charge is 0.323 e. The Morgan fingerprint density at radius 3 is 2.40 bits per heavy atom. The molecule has 0 saturated carbocycles. The van der Waals surface area contributed by atoms with Crippen molar-refractivity contribution in [3.8, 4) is 0 Å². The summed E-state index contributed by atoms with van der Waals surface area (Å²) in [7, 11) is 0. The van der Waals surface area contributed by atoms with E-state index in [4.69, 9.17) is 5.73 Å². The molecule has 0 radical (unpaired) electrons. The van der Waals surface area contributed by atoms with Crippen molar-refractivity contribution in [2.75, 3.05) is 5.75 Å². The monoisotopic (exact) mass is 287 g/mol. The highest BCUT2D eigenvalue weighted by Crippen LogP contribution is 2.25. The molecule has 0 bridgehead atoms. The number of hydrogen-bond donors (Lipinski definition) is 1.